The van der Waals surface area contributed by atoms with Gasteiger partial charge < -0.3 is 10.6 Å². The molecule has 2 N–H and O–H groups in total. The maximum atomic E-state index is 11.2. The van der Waals surface area contributed by atoms with Gasteiger partial charge in [0.1, 0.15) is 5.54 Å². The summed E-state index contributed by atoms with van der Waals surface area (Å²) in [7, 11) is 3.27. The molecule has 1 saturated carbocycles. The van der Waals surface area contributed by atoms with Crippen LogP contribution in [-0.4, -0.2) is 17.4 Å². The smallest absolute Gasteiger partial charge is 0.220 e. The molecule has 17 heavy (non-hydrogen) atoms. The van der Waals surface area contributed by atoms with E-state index in [1.54, 1.807) is 6.92 Å². The minimum absolute atomic E-state index is 0. The van der Waals surface area contributed by atoms with E-state index in [4.69, 9.17) is 0 Å². The van der Waals surface area contributed by atoms with Crippen LogP contribution in [0, 0.1) is 7.05 Å². The van der Waals surface area contributed by atoms with Gasteiger partial charge in [-0.25, -0.2) is 0 Å². The second-order valence-electron chi connectivity index (χ2n) is 2.99. The quantitative estimate of drug-likeness (QED) is 0.696. The largest absolute Gasteiger partial charge is 0.506 e. The Morgan fingerprint density at radius 1 is 1.18 bits per heavy atom. The fourth-order valence-electron chi connectivity index (χ4n) is 1.06. The van der Waals surface area contributed by atoms with Crippen molar-refractivity contribution >= 4 is 11.8 Å². The van der Waals surface area contributed by atoms with Crippen molar-refractivity contribution in [3.05, 3.63) is 7.05 Å². The van der Waals surface area contributed by atoms with Crippen molar-refractivity contribution in [2.45, 2.75) is 59.4 Å². The van der Waals surface area contributed by atoms with Crippen LogP contribution in [0.1, 0.15) is 53.9 Å². The molecule has 1 aliphatic carbocycles. The zero-order valence-corrected chi connectivity index (χ0v) is 14.5. The van der Waals surface area contributed by atoms with E-state index in [-0.39, 0.29) is 32.9 Å². The Bertz CT molecular complexity index is 217. The second-order valence-corrected chi connectivity index (χ2v) is 2.99. The van der Waals surface area contributed by atoms with Crippen LogP contribution in [0.15, 0.2) is 0 Å². The molecule has 0 aromatic carbocycles. The number of hydrogen-bond donors (Lipinski definition) is 2. The molecule has 102 valence electrons. The summed E-state index contributed by atoms with van der Waals surface area (Å²) in [4.78, 5) is 22.1. The Morgan fingerprint density at radius 3 is 1.82 bits per heavy atom. The van der Waals surface area contributed by atoms with Gasteiger partial charge in [0.05, 0.1) is 0 Å². The van der Waals surface area contributed by atoms with Crippen LogP contribution in [0.3, 0.4) is 0 Å². The molecule has 0 heterocycles. The Labute approximate surface area is 120 Å². The van der Waals surface area contributed by atoms with Crippen LogP contribution in [0.5, 0.6) is 0 Å². The number of carbonyl (C=O) groups excluding carboxylic acids is 2. The van der Waals surface area contributed by atoms with Gasteiger partial charge in [0.15, 0.2) is 0 Å². The van der Waals surface area contributed by atoms with Gasteiger partial charge >= 0.3 is 0 Å². The molecule has 5 heteroatoms. The van der Waals surface area contributed by atoms with Crippen LogP contribution < -0.4 is 10.6 Å². The van der Waals surface area contributed by atoms with Crippen LogP contribution in [0.25, 0.3) is 0 Å². The number of amides is 2. The molecule has 0 aromatic rings. The molecule has 0 aliphatic heterocycles. The van der Waals surface area contributed by atoms with Gasteiger partial charge in [-0.05, 0) is 12.8 Å². The molecule has 1 rings (SSSR count). The third-order valence-corrected chi connectivity index (χ3v) is 2.05. The minimum atomic E-state index is -0.630. The summed E-state index contributed by atoms with van der Waals surface area (Å²) in [6.07, 6.45) is 1.85. The van der Waals surface area contributed by atoms with Gasteiger partial charge in [0, 0.05) is 27.5 Å². The average molecular weight is 413 g/mol. The maximum Gasteiger partial charge on any atom is 0.220 e. The number of carbonyl (C=O) groups is 2. The molecule has 0 atom stereocenters. The summed E-state index contributed by atoms with van der Waals surface area (Å²) < 4.78 is 0. The predicted octanol–water partition coefficient (Wildman–Crippen LogP) is 2.00. The van der Waals surface area contributed by atoms with E-state index < -0.39 is 5.54 Å². The first-order valence-corrected chi connectivity index (χ1v) is 6.03. The molecule has 0 aromatic heterocycles. The van der Waals surface area contributed by atoms with Crippen molar-refractivity contribution < 1.29 is 30.7 Å². The van der Waals surface area contributed by atoms with Crippen molar-refractivity contribution in [1.29, 1.82) is 0 Å². The van der Waals surface area contributed by atoms with Crippen LogP contribution in [-0.2, 0) is 30.7 Å². The van der Waals surface area contributed by atoms with Gasteiger partial charge in [-0.15, -0.1) is 0 Å². The van der Waals surface area contributed by atoms with Crippen molar-refractivity contribution in [3.8, 4) is 0 Å². The van der Waals surface area contributed by atoms with Crippen molar-refractivity contribution in [3.63, 3.8) is 0 Å². The molecule has 0 unspecified atom stereocenters. The van der Waals surface area contributed by atoms with Crippen LogP contribution in [0.4, 0.5) is 0 Å². The Morgan fingerprint density at radius 2 is 1.59 bits per heavy atom. The molecule has 4 nitrogen and oxygen atoms in total. The second kappa shape index (κ2) is 12.1. The number of hydrogen-bond acceptors (Lipinski definition) is 2. The topological polar surface area (TPSA) is 58.2 Å². The number of nitrogens with one attached hydrogen (secondary N) is 2. The first kappa shape index (κ1) is 21.9. The van der Waals surface area contributed by atoms with E-state index in [1.807, 2.05) is 27.7 Å². The maximum absolute atomic E-state index is 11.2. The van der Waals surface area contributed by atoms with E-state index >= 15 is 0 Å². The van der Waals surface area contributed by atoms with Gasteiger partial charge in [0.2, 0.25) is 11.8 Å². The Hall–Kier alpha value is -0.372. The summed E-state index contributed by atoms with van der Waals surface area (Å²) in [6.45, 7) is 9.76. The molecular formula is C12H25N2O2W-. The Kier molecular flexibility index (Phi) is 15.6. The molecule has 1 fully saturated rings. The van der Waals surface area contributed by atoms with Crippen molar-refractivity contribution in [1.82, 2.24) is 10.6 Å². The third-order valence-electron chi connectivity index (χ3n) is 2.05. The molecule has 1 aliphatic rings. The van der Waals surface area contributed by atoms with E-state index in [2.05, 4.69) is 17.7 Å². The SMILES string of the molecule is CC.CC.[CH2-]NC(=O)C1(NC(=O)CC)CC1.[W]. The zero-order valence-electron chi connectivity index (χ0n) is 11.6. The first-order valence-electron chi connectivity index (χ1n) is 6.03. The molecular weight excluding hydrogens is 388 g/mol. The summed E-state index contributed by atoms with van der Waals surface area (Å²) in [5, 5.41) is 4.97. The van der Waals surface area contributed by atoms with Crippen molar-refractivity contribution in [2.75, 3.05) is 0 Å². The summed E-state index contributed by atoms with van der Waals surface area (Å²) in [5.41, 5.74) is -0.630. The van der Waals surface area contributed by atoms with Gasteiger partial charge in [-0.1, -0.05) is 34.6 Å². The predicted molar refractivity (Wildman–Crippen MR) is 66.6 cm³/mol. The fourth-order valence-corrected chi connectivity index (χ4v) is 1.06. The minimum Gasteiger partial charge on any atom is -0.506 e. The molecule has 0 bridgehead atoms. The fraction of sp³-hybridized carbons (Fsp3) is 0.750. The molecule has 2 amide bonds. The van der Waals surface area contributed by atoms with E-state index in [0.717, 1.165) is 12.8 Å². The van der Waals surface area contributed by atoms with Gasteiger partial charge in [0.25, 0.3) is 0 Å². The zero-order chi connectivity index (χ0) is 13.2. The van der Waals surface area contributed by atoms with Crippen molar-refractivity contribution in [2.24, 2.45) is 0 Å². The first-order chi connectivity index (χ1) is 7.64. The normalized spacial score (nSPS) is 13.5. The molecule has 0 saturated heterocycles. The summed E-state index contributed by atoms with van der Waals surface area (Å²) >= 11 is 0. The molecule has 0 radical (unpaired) electrons. The average Bonchev–Trinajstić information content (AvgIpc) is 3.14. The standard InChI is InChI=1S/C8H13N2O2.2C2H6.W/c1-3-6(11)10-8(4-5-8)7(12)9-2;2*1-2;/h2-5H2,1H3,(H,9,12)(H,10,11);2*1-2H3;/q-1;;;. The Balaban J connectivity index is -0.000000355. The third kappa shape index (κ3) is 7.53. The summed E-state index contributed by atoms with van der Waals surface area (Å²) in [5.74, 6) is -0.277. The van der Waals surface area contributed by atoms with E-state index in [0.29, 0.717) is 6.42 Å². The van der Waals surface area contributed by atoms with Gasteiger partial charge in [-0.2, -0.15) is 0 Å². The van der Waals surface area contributed by atoms with Gasteiger partial charge in [-0.3, -0.25) is 16.6 Å². The van der Waals surface area contributed by atoms with Crippen LogP contribution in [0.2, 0.25) is 0 Å². The molecule has 0 spiro atoms. The van der Waals surface area contributed by atoms with E-state index in [1.165, 1.54) is 0 Å². The van der Waals surface area contributed by atoms with Crippen LogP contribution >= 0.6 is 0 Å². The summed E-state index contributed by atoms with van der Waals surface area (Å²) in [6, 6.07) is 0. The van der Waals surface area contributed by atoms with E-state index in [9.17, 15) is 9.59 Å². The number of rotatable bonds is 3. The monoisotopic (exact) mass is 413 g/mol.